The van der Waals surface area contributed by atoms with Crippen molar-refractivity contribution in [1.29, 1.82) is 0 Å². The van der Waals surface area contributed by atoms with Crippen LogP contribution in [0.5, 0.6) is 5.75 Å². The number of hydrogen-bond acceptors (Lipinski definition) is 11. The second-order valence-corrected chi connectivity index (χ2v) is 21.5. The Morgan fingerprint density at radius 1 is 0.827 bits per heavy atom. The zero-order valence-electron chi connectivity index (χ0n) is 42.3. The average Bonchev–Trinajstić information content (AvgIpc) is 4.25. The lowest BCUT2D eigenvalue weighted by Gasteiger charge is -2.38. The van der Waals surface area contributed by atoms with Crippen LogP contribution in [0.4, 0.5) is 27.2 Å². The second-order valence-electron chi connectivity index (χ2n) is 20.3. The van der Waals surface area contributed by atoms with Gasteiger partial charge in [0.2, 0.25) is 18.0 Å². The standard InChI is InChI=1S/C53H59F4N9O8S/c1-26(2)44(62-51(69)71-5)48(67)64-15-7-9-38(64)47-59-25-36(61-47)30-20-34(54)43-40-21-31-19-29(11-13-37(31)66(40)50(74-41(43)22-30)42-14-12-33(75-42)23-53(55,56)57)35-24-58-46(60-35)39-10-8-16-65(39)49(68)45(63-52(70)72-6)32-17-27(3)73-28(4)18-32/h11-14,19-22,24-28,32,38-39,44-45,50H,7-10,15-18,23H2,1-6H3,(H,58,60)(H,59,61)(H,62,69)(H,63,70)/t27-,28+,32?,38-,39-,44-,45?,50?/m0/s1. The van der Waals surface area contributed by atoms with Crippen LogP contribution in [0.3, 0.4) is 0 Å². The van der Waals surface area contributed by atoms with Crippen molar-refractivity contribution >= 4 is 46.2 Å². The molecule has 0 bridgehead atoms. The summed E-state index contributed by atoms with van der Waals surface area (Å²) < 4.78 is 82.1. The fourth-order valence-corrected chi connectivity index (χ4v) is 12.5. The summed E-state index contributed by atoms with van der Waals surface area (Å²) in [6.45, 7) is 8.49. The second kappa shape index (κ2) is 20.6. The number of aromatic nitrogens is 5. The highest BCUT2D eigenvalue weighted by atomic mass is 32.1. The molecule has 0 saturated carbocycles. The van der Waals surface area contributed by atoms with Crippen LogP contribution >= 0.6 is 11.3 Å². The fourth-order valence-electron chi connectivity index (χ4n) is 11.4. The van der Waals surface area contributed by atoms with Crippen LogP contribution in [0.25, 0.3) is 44.7 Å². The largest absolute Gasteiger partial charge is 0.464 e. The van der Waals surface area contributed by atoms with Crippen LogP contribution in [0.15, 0.2) is 60.9 Å². The summed E-state index contributed by atoms with van der Waals surface area (Å²) in [7, 11) is 2.50. The van der Waals surface area contributed by atoms with Gasteiger partial charge < -0.3 is 49.3 Å². The van der Waals surface area contributed by atoms with E-state index in [1.165, 1.54) is 26.4 Å². The number of imidazole rings is 2. The Labute approximate surface area is 433 Å². The van der Waals surface area contributed by atoms with Crippen molar-refractivity contribution in [2.75, 3.05) is 27.3 Å². The highest BCUT2D eigenvalue weighted by Crippen LogP contribution is 2.49. The normalized spacial score (nSPS) is 22.4. The number of thiophene rings is 1. The van der Waals surface area contributed by atoms with Crippen LogP contribution in [-0.2, 0) is 30.2 Å². The molecule has 6 aromatic rings. The van der Waals surface area contributed by atoms with E-state index < -0.39 is 61.0 Å². The maximum atomic E-state index is 16.9. The number of fused-ring (bicyclic) bond motifs is 5. The van der Waals surface area contributed by atoms with Gasteiger partial charge in [-0.2, -0.15) is 13.2 Å². The molecule has 4 aliphatic rings. The zero-order chi connectivity index (χ0) is 53.0. The van der Waals surface area contributed by atoms with Gasteiger partial charge in [-0.25, -0.2) is 23.9 Å². The summed E-state index contributed by atoms with van der Waals surface area (Å²) >= 11 is 0.968. The monoisotopic (exact) mass is 1060 g/mol. The number of carbonyl (C=O) groups excluding carboxylic acids is 4. The predicted molar refractivity (Wildman–Crippen MR) is 269 cm³/mol. The van der Waals surface area contributed by atoms with Gasteiger partial charge in [-0.3, -0.25) is 14.2 Å². The van der Waals surface area contributed by atoms with E-state index >= 15 is 4.39 Å². The van der Waals surface area contributed by atoms with E-state index in [4.69, 9.17) is 23.9 Å². The number of rotatable bonds is 12. The number of H-pyrrole nitrogens is 2. The Kier molecular flexibility index (Phi) is 14.2. The van der Waals surface area contributed by atoms with Gasteiger partial charge in [-0.1, -0.05) is 19.9 Å². The number of carbonyl (C=O) groups is 4. The number of likely N-dealkylation sites (tertiary alicyclic amines) is 2. The van der Waals surface area contributed by atoms with E-state index in [1.807, 2.05) is 52.0 Å². The smallest absolute Gasteiger partial charge is 0.407 e. The summed E-state index contributed by atoms with van der Waals surface area (Å²) in [5, 5.41) is 6.16. The SMILES string of the molecule is COC(=O)NC(C(=O)N1CCC[C@H]1c1ncc(-c2ccc3c(c2)cc2n3C(c3ccc(CC(F)(F)F)s3)Oc3cc(-c4cnc([C@@H]5CCCN5C(=O)[C@@H](NC(=O)OC)C(C)C)[nH]4)cc(F)c3-2)[nH]1)C1C[C@@H](C)O[C@@H](C)C1. The third-order valence-corrected chi connectivity index (χ3v) is 15.9. The minimum Gasteiger partial charge on any atom is -0.464 e. The van der Waals surface area contributed by atoms with Gasteiger partial charge in [0.25, 0.3) is 0 Å². The molecule has 17 nitrogen and oxygen atoms in total. The number of halogens is 4. The van der Waals surface area contributed by atoms with Gasteiger partial charge in [0.05, 0.1) is 90.4 Å². The minimum absolute atomic E-state index is 0.0901. The number of benzene rings is 2. The van der Waals surface area contributed by atoms with Gasteiger partial charge in [0, 0.05) is 34.5 Å². The van der Waals surface area contributed by atoms with Gasteiger partial charge in [0.15, 0.2) is 0 Å². The molecule has 0 spiro atoms. The highest BCUT2D eigenvalue weighted by molar-refractivity contribution is 7.12. The first kappa shape index (κ1) is 51.5. The van der Waals surface area contributed by atoms with Crippen LogP contribution in [-0.4, -0.2) is 116 Å². The van der Waals surface area contributed by atoms with Crippen molar-refractivity contribution in [1.82, 2.24) is 44.9 Å². The molecule has 398 valence electrons. The lowest BCUT2D eigenvalue weighted by Crippen LogP contribution is -2.54. The van der Waals surface area contributed by atoms with E-state index in [1.54, 1.807) is 38.9 Å². The van der Waals surface area contributed by atoms with Crippen molar-refractivity contribution in [2.24, 2.45) is 11.8 Å². The number of amides is 4. The molecule has 8 atom stereocenters. The van der Waals surface area contributed by atoms with Crippen molar-refractivity contribution in [3.05, 3.63) is 88.1 Å². The lowest BCUT2D eigenvalue weighted by molar-refractivity contribution is -0.138. The molecule has 3 fully saturated rings. The van der Waals surface area contributed by atoms with Crippen molar-refractivity contribution in [2.45, 2.75) is 121 Å². The van der Waals surface area contributed by atoms with Gasteiger partial charge >= 0.3 is 18.4 Å². The molecule has 10 rings (SSSR count). The molecule has 4 amide bonds. The third kappa shape index (κ3) is 10.3. The molecular formula is C53H59F4N9O8S. The molecule has 4 aliphatic heterocycles. The Morgan fingerprint density at radius 3 is 2.08 bits per heavy atom. The van der Waals surface area contributed by atoms with Crippen LogP contribution < -0.4 is 15.4 Å². The first-order valence-corrected chi connectivity index (χ1v) is 26.1. The Bertz CT molecular complexity index is 3120. The van der Waals surface area contributed by atoms with E-state index in [0.29, 0.717) is 95.3 Å². The molecule has 75 heavy (non-hydrogen) atoms. The highest BCUT2D eigenvalue weighted by Gasteiger charge is 2.43. The van der Waals surface area contributed by atoms with Crippen LogP contribution in [0.2, 0.25) is 0 Å². The summed E-state index contributed by atoms with van der Waals surface area (Å²) in [6, 6.07) is 11.1. The zero-order valence-corrected chi connectivity index (χ0v) is 43.1. The van der Waals surface area contributed by atoms with Gasteiger partial charge in [-0.15, -0.1) is 11.3 Å². The van der Waals surface area contributed by atoms with E-state index in [2.05, 4.69) is 25.6 Å². The van der Waals surface area contributed by atoms with E-state index in [-0.39, 0.29) is 52.0 Å². The maximum absolute atomic E-state index is 16.9. The maximum Gasteiger partial charge on any atom is 0.407 e. The molecule has 4 aromatic heterocycles. The Balaban J connectivity index is 0.961. The molecule has 2 aromatic carbocycles. The molecule has 3 unspecified atom stereocenters. The number of hydrogen-bond donors (Lipinski definition) is 4. The first-order chi connectivity index (χ1) is 35.9. The number of nitrogens with one attached hydrogen (secondary N) is 4. The first-order valence-electron chi connectivity index (χ1n) is 25.2. The van der Waals surface area contributed by atoms with E-state index in [0.717, 1.165) is 23.3 Å². The lowest BCUT2D eigenvalue weighted by atomic mass is 9.85. The van der Waals surface area contributed by atoms with Crippen molar-refractivity contribution < 1.29 is 55.7 Å². The third-order valence-electron chi connectivity index (χ3n) is 14.8. The van der Waals surface area contributed by atoms with Crippen LogP contribution in [0.1, 0.15) is 106 Å². The number of aromatic amines is 2. The van der Waals surface area contributed by atoms with Crippen LogP contribution in [0, 0.1) is 17.7 Å². The van der Waals surface area contributed by atoms with Crippen molar-refractivity contribution in [3.8, 4) is 39.5 Å². The van der Waals surface area contributed by atoms with Crippen molar-refractivity contribution in [3.63, 3.8) is 0 Å². The Morgan fingerprint density at radius 2 is 1.45 bits per heavy atom. The number of nitrogens with zero attached hydrogens (tertiary/aromatic N) is 5. The molecule has 22 heteroatoms. The molecule has 0 radical (unpaired) electrons. The van der Waals surface area contributed by atoms with Gasteiger partial charge in [-0.05, 0) is 107 Å². The fraction of sp³-hybridized carbons (Fsp3) is 0.472. The summed E-state index contributed by atoms with van der Waals surface area (Å²) in [5.74, 6) is -0.282. The number of methoxy groups -OCH3 is 2. The Hall–Kier alpha value is -6.94. The van der Waals surface area contributed by atoms with Gasteiger partial charge in [0.1, 0.15) is 35.3 Å². The summed E-state index contributed by atoms with van der Waals surface area (Å²) in [4.78, 5) is 73.1. The average molecular weight is 1060 g/mol. The molecule has 4 N–H and O–H groups in total. The predicted octanol–water partition coefficient (Wildman–Crippen LogP) is 9.97. The number of alkyl carbamates (subject to hydrolysis) is 2. The number of ether oxygens (including phenoxy) is 4. The number of alkyl halides is 3. The summed E-state index contributed by atoms with van der Waals surface area (Å²) in [5.41, 5.74) is 3.48. The molecule has 8 heterocycles. The quantitative estimate of drug-likeness (QED) is 0.0856. The topological polar surface area (TPSA) is 198 Å². The summed E-state index contributed by atoms with van der Waals surface area (Å²) in [6.07, 6.45) is -0.996. The molecule has 0 aliphatic carbocycles. The minimum atomic E-state index is -4.44. The molecular weight excluding hydrogens is 999 g/mol. The molecule has 3 saturated heterocycles. The van der Waals surface area contributed by atoms with E-state index in [9.17, 15) is 32.3 Å².